The molecule has 1 unspecified atom stereocenters. The fourth-order valence-electron chi connectivity index (χ4n) is 4.18. The summed E-state index contributed by atoms with van der Waals surface area (Å²) in [4.78, 5) is 18.3. The van der Waals surface area contributed by atoms with Gasteiger partial charge in [-0.3, -0.25) is 4.79 Å². The number of amides is 1. The standard InChI is InChI=1S/C28H27N5O2S/c1-3-35-23-16-10-13-21(17-23)25-24(26(34)30-22-14-8-5-9-15-22)19(2)29-27-31-28(32-33(25)27)36-18-20-11-6-4-7-12-20/h4-17,25H,3,18H2,1-2H3,(H,30,34)(H,29,31,32). The number of rotatable bonds is 8. The Morgan fingerprint density at radius 3 is 2.56 bits per heavy atom. The van der Waals surface area contributed by atoms with Crippen molar-refractivity contribution in [1.29, 1.82) is 0 Å². The molecule has 4 aromatic rings. The van der Waals surface area contributed by atoms with E-state index in [9.17, 15) is 4.79 Å². The molecule has 2 heterocycles. The number of hydrogen-bond acceptors (Lipinski definition) is 6. The number of aromatic nitrogens is 3. The first-order valence-corrected chi connectivity index (χ1v) is 12.8. The van der Waals surface area contributed by atoms with Crippen molar-refractivity contribution in [2.75, 3.05) is 17.2 Å². The van der Waals surface area contributed by atoms with Gasteiger partial charge in [0.25, 0.3) is 5.91 Å². The zero-order valence-electron chi connectivity index (χ0n) is 20.1. The summed E-state index contributed by atoms with van der Waals surface area (Å²) in [6.45, 7) is 4.40. The van der Waals surface area contributed by atoms with Gasteiger partial charge < -0.3 is 15.4 Å². The number of fused-ring (bicyclic) bond motifs is 1. The number of allylic oxidation sites excluding steroid dienone is 1. The molecule has 1 aliphatic rings. The summed E-state index contributed by atoms with van der Waals surface area (Å²) in [7, 11) is 0. The number of anilines is 2. The highest BCUT2D eigenvalue weighted by Crippen LogP contribution is 2.38. The summed E-state index contributed by atoms with van der Waals surface area (Å²) < 4.78 is 7.55. The summed E-state index contributed by atoms with van der Waals surface area (Å²) in [5.74, 6) is 1.90. The Morgan fingerprint density at radius 1 is 1.06 bits per heavy atom. The molecule has 182 valence electrons. The zero-order valence-corrected chi connectivity index (χ0v) is 21.0. The molecule has 0 fully saturated rings. The van der Waals surface area contributed by atoms with Crippen molar-refractivity contribution in [1.82, 2.24) is 14.8 Å². The van der Waals surface area contributed by atoms with E-state index < -0.39 is 6.04 Å². The minimum atomic E-state index is -0.469. The van der Waals surface area contributed by atoms with Crippen LogP contribution in [0.2, 0.25) is 0 Å². The van der Waals surface area contributed by atoms with Gasteiger partial charge in [-0.2, -0.15) is 4.98 Å². The Bertz CT molecular complexity index is 1390. The number of thioether (sulfide) groups is 1. The highest BCUT2D eigenvalue weighted by atomic mass is 32.2. The van der Waals surface area contributed by atoms with Crippen LogP contribution in [0.4, 0.5) is 11.6 Å². The zero-order chi connectivity index (χ0) is 24.9. The van der Waals surface area contributed by atoms with Crippen LogP contribution in [0.15, 0.2) is 101 Å². The molecule has 1 amide bonds. The molecule has 0 radical (unpaired) electrons. The molecule has 8 heteroatoms. The summed E-state index contributed by atoms with van der Waals surface area (Å²) >= 11 is 1.56. The molecular weight excluding hydrogens is 470 g/mol. The number of carbonyl (C=O) groups excluding carboxylic acids is 1. The monoisotopic (exact) mass is 497 g/mol. The molecule has 0 saturated carbocycles. The van der Waals surface area contributed by atoms with Gasteiger partial charge in [-0.1, -0.05) is 72.4 Å². The van der Waals surface area contributed by atoms with E-state index >= 15 is 0 Å². The van der Waals surface area contributed by atoms with E-state index in [4.69, 9.17) is 14.8 Å². The lowest BCUT2D eigenvalue weighted by atomic mass is 9.95. The summed E-state index contributed by atoms with van der Waals surface area (Å²) in [5.41, 5.74) is 4.12. The fraction of sp³-hybridized carbons (Fsp3) is 0.179. The van der Waals surface area contributed by atoms with Crippen molar-refractivity contribution >= 4 is 29.3 Å². The fourth-order valence-corrected chi connectivity index (χ4v) is 4.96. The molecule has 1 aliphatic heterocycles. The molecule has 1 aromatic heterocycles. The first kappa shape index (κ1) is 23.7. The van der Waals surface area contributed by atoms with E-state index in [2.05, 4.69) is 22.8 Å². The molecule has 0 aliphatic carbocycles. The van der Waals surface area contributed by atoms with Gasteiger partial charge in [0.15, 0.2) is 0 Å². The molecule has 0 saturated heterocycles. The molecule has 0 spiro atoms. The average molecular weight is 498 g/mol. The molecular formula is C28H27N5O2S. The predicted molar refractivity (Wildman–Crippen MR) is 143 cm³/mol. The Morgan fingerprint density at radius 2 is 1.81 bits per heavy atom. The first-order valence-electron chi connectivity index (χ1n) is 11.8. The Hall–Kier alpha value is -4.04. The number of benzene rings is 3. The molecule has 2 N–H and O–H groups in total. The number of nitrogens with zero attached hydrogens (tertiary/aromatic N) is 3. The van der Waals surface area contributed by atoms with Crippen LogP contribution in [0.5, 0.6) is 5.75 Å². The van der Waals surface area contributed by atoms with Gasteiger partial charge in [-0.05, 0) is 49.2 Å². The largest absolute Gasteiger partial charge is 0.494 e. The molecule has 5 rings (SSSR count). The number of carbonyl (C=O) groups is 1. The van der Waals surface area contributed by atoms with Crippen molar-refractivity contribution < 1.29 is 9.53 Å². The van der Waals surface area contributed by atoms with Crippen LogP contribution in [-0.4, -0.2) is 27.3 Å². The van der Waals surface area contributed by atoms with Gasteiger partial charge in [0.2, 0.25) is 11.1 Å². The van der Waals surface area contributed by atoms with E-state index in [0.29, 0.717) is 23.3 Å². The Balaban J connectivity index is 1.51. The third-order valence-corrected chi connectivity index (χ3v) is 6.71. The van der Waals surface area contributed by atoms with Crippen molar-refractivity contribution in [3.05, 3.63) is 107 Å². The van der Waals surface area contributed by atoms with Crippen LogP contribution >= 0.6 is 11.8 Å². The van der Waals surface area contributed by atoms with E-state index in [1.54, 1.807) is 16.4 Å². The number of hydrogen-bond donors (Lipinski definition) is 2. The second-order valence-corrected chi connectivity index (χ2v) is 9.27. The highest BCUT2D eigenvalue weighted by Gasteiger charge is 2.34. The van der Waals surface area contributed by atoms with Crippen molar-refractivity contribution in [3.63, 3.8) is 0 Å². The smallest absolute Gasteiger partial charge is 0.255 e. The van der Waals surface area contributed by atoms with E-state index in [0.717, 1.165) is 28.5 Å². The number of ether oxygens (including phenoxy) is 1. The van der Waals surface area contributed by atoms with Gasteiger partial charge in [0, 0.05) is 17.1 Å². The summed E-state index contributed by atoms with van der Waals surface area (Å²) in [6, 6.07) is 27.0. The predicted octanol–water partition coefficient (Wildman–Crippen LogP) is 5.90. The lowest BCUT2D eigenvalue weighted by Gasteiger charge is -2.29. The van der Waals surface area contributed by atoms with E-state index in [1.165, 1.54) is 5.56 Å². The van der Waals surface area contributed by atoms with E-state index in [-0.39, 0.29) is 5.91 Å². The highest BCUT2D eigenvalue weighted by molar-refractivity contribution is 7.98. The molecule has 7 nitrogen and oxygen atoms in total. The SMILES string of the molecule is CCOc1cccc(C2C(C(=O)Nc3ccccc3)=C(C)Nc3nc(SCc4ccccc4)nn32)c1. The average Bonchev–Trinajstić information content (AvgIpc) is 3.30. The maximum absolute atomic E-state index is 13.6. The second-order valence-electron chi connectivity index (χ2n) is 8.33. The lowest BCUT2D eigenvalue weighted by Crippen LogP contribution is -2.31. The van der Waals surface area contributed by atoms with Crippen molar-refractivity contribution in [3.8, 4) is 5.75 Å². The Kier molecular flexibility index (Phi) is 7.04. The lowest BCUT2D eigenvalue weighted by molar-refractivity contribution is -0.113. The van der Waals surface area contributed by atoms with Crippen LogP contribution in [0.25, 0.3) is 0 Å². The normalized spacial score (nSPS) is 14.7. The van der Waals surface area contributed by atoms with Crippen LogP contribution < -0.4 is 15.4 Å². The number of para-hydroxylation sites is 1. The maximum Gasteiger partial charge on any atom is 0.255 e. The molecule has 0 bridgehead atoms. The van der Waals surface area contributed by atoms with Gasteiger partial charge in [-0.25, -0.2) is 4.68 Å². The van der Waals surface area contributed by atoms with Crippen LogP contribution in [0.1, 0.15) is 31.0 Å². The topological polar surface area (TPSA) is 81.1 Å². The third-order valence-electron chi connectivity index (χ3n) is 5.81. The second kappa shape index (κ2) is 10.7. The van der Waals surface area contributed by atoms with Crippen LogP contribution in [-0.2, 0) is 10.5 Å². The summed E-state index contributed by atoms with van der Waals surface area (Å²) in [5, 5.41) is 11.8. The number of nitrogens with one attached hydrogen (secondary N) is 2. The first-order chi connectivity index (χ1) is 17.6. The quantitative estimate of drug-likeness (QED) is 0.295. The van der Waals surface area contributed by atoms with E-state index in [1.807, 2.05) is 86.6 Å². The van der Waals surface area contributed by atoms with Gasteiger partial charge in [-0.15, -0.1) is 5.10 Å². The Labute approximate surface area is 214 Å². The van der Waals surface area contributed by atoms with Crippen molar-refractivity contribution in [2.24, 2.45) is 0 Å². The molecule has 1 atom stereocenters. The molecule has 3 aromatic carbocycles. The van der Waals surface area contributed by atoms with Crippen molar-refractivity contribution in [2.45, 2.75) is 30.8 Å². The van der Waals surface area contributed by atoms with Gasteiger partial charge in [0.1, 0.15) is 11.8 Å². The molecule has 36 heavy (non-hydrogen) atoms. The summed E-state index contributed by atoms with van der Waals surface area (Å²) in [6.07, 6.45) is 0. The minimum absolute atomic E-state index is 0.197. The van der Waals surface area contributed by atoms with Crippen LogP contribution in [0.3, 0.4) is 0 Å². The third kappa shape index (κ3) is 5.13. The minimum Gasteiger partial charge on any atom is -0.494 e. The maximum atomic E-state index is 13.6. The van der Waals surface area contributed by atoms with Crippen LogP contribution in [0, 0.1) is 0 Å². The van der Waals surface area contributed by atoms with Gasteiger partial charge in [0.05, 0.1) is 12.2 Å². The van der Waals surface area contributed by atoms with Gasteiger partial charge >= 0.3 is 0 Å².